The van der Waals surface area contributed by atoms with Crippen molar-refractivity contribution in [1.29, 1.82) is 0 Å². The van der Waals surface area contributed by atoms with E-state index in [2.05, 4.69) is 51.3 Å². The van der Waals surface area contributed by atoms with Gasteiger partial charge in [0.1, 0.15) is 0 Å². The molecule has 0 aromatic carbocycles. The minimum absolute atomic E-state index is 0.477. The van der Waals surface area contributed by atoms with Crippen LogP contribution in [-0.4, -0.2) is 36.3 Å². The van der Waals surface area contributed by atoms with E-state index < -0.39 is 0 Å². The standard InChI is InChI=1S/C12H20IN3O/c1-4-11(5-2)16(6-7-17-3)12-14-8-10(13)9-15-12/h8-9,11H,4-7H2,1-3H3. The fraction of sp³-hybridized carbons (Fsp3) is 0.667. The lowest BCUT2D eigenvalue weighted by Gasteiger charge is -2.30. The highest BCUT2D eigenvalue weighted by molar-refractivity contribution is 14.1. The lowest BCUT2D eigenvalue weighted by Crippen LogP contribution is -2.38. The van der Waals surface area contributed by atoms with Gasteiger partial charge in [-0.3, -0.25) is 0 Å². The summed E-state index contributed by atoms with van der Waals surface area (Å²) >= 11 is 2.22. The van der Waals surface area contributed by atoms with E-state index in [1.165, 1.54) is 0 Å². The Hall–Kier alpha value is -0.430. The Morgan fingerprint density at radius 1 is 1.29 bits per heavy atom. The summed E-state index contributed by atoms with van der Waals surface area (Å²) in [5.74, 6) is 0.802. The number of ether oxygens (including phenoxy) is 1. The van der Waals surface area contributed by atoms with Crippen molar-refractivity contribution in [3.8, 4) is 0 Å². The molecule has 96 valence electrons. The van der Waals surface area contributed by atoms with Gasteiger partial charge in [0.25, 0.3) is 0 Å². The molecule has 1 aromatic rings. The molecule has 4 nitrogen and oxygen atoms in total. The molecule has 0 spiro atoms. The molecular weight excluding hydrogens is 329 g/mol. The molecule has 1 rings (SSSR count). The summed E-state index contributed by atoms with van der Waals surface area (Å²) in [7, 11) is 1.72. The molecule has 0 bridgehead atoms. The summed E-state index contributed by atoms with van der Waals surface area (Å²) in [6, 6.07) is 0.477. The predicted molar refractivity (Wildman–Crippen MR) is 78.3 cm³/mol. The molecule has 0 aliphatic heterocycles. The number of aromatic nitrogens is 2. The van der Waals surface area contributed by atoms with Gasteiger partial charge in [-0.15, -0.1) is 0 Å². The Labute approximate surface area is 117 Å². The summed E-state index contributed by atoms with van der Waals surface area (Å²) in [5.41, 5.74) is 0. The lowest BCUT2D eigenvalue weighted by molar-refractivity contribution is 0.202. The van der Waals surface area contributed by atoms with E-state index in [0.717, 1.165) is 28.9 Å². The van der Waals surface area contributed by atoms with E-state index >= 15 is 0 Å². The van der Waals surface area contributed by atoms with Crippen LogP contribution in [0, 0.1) is 3.57 Å². The third-order valence-corrected chi connectivity index (χ3v) is 3.34. The fourth-order valence-electron chi connectivity index (χ4n) is 1.82. The number of hydrogen-bond acceptors (Lipinski definition) is 4. The van der Waals surface area contributed by atoms with Crippen molar-refractivity contribution in [2.75, 3.05) is 25.2 Å². The Morgan fingerprint density at radius 3 is 2.35 bits per heavy atom. The van der Waals surface area contributed by atoms with Gasteiger partial charge in [0.2, 0.25) is 5.95 Å². The molecule has 0 amide bonds. The number of halogens is 1. The largest absolute Gasteiger partial charge is 0.383 e. The van der Waals surface area contributed by atoms with Gasteiger partial charge in [-0.1, -0.05) is 13.8 Å². The van der Waals surface area contributed by atoms with Crippen molar-refractivity contribution >= 4 is 28.5 Å². The second-order valence-electron chi connectivity index (χ2n) is 3.86. The van der Waals surface area contributed by atoms with Crippen LogP contribution < -0.4 is 4.90 Å². The van der Waals surface area contributed by atoms with E-state index in [9.17, 15) is 0 Å². The number of nitrogens with zero attached hydrogens (tertiary/aromatic N) is 3. The summed E-state index contributed by atoms with van der Waals surface area (Å²) in [5, 5.41) is 0. The summed E-state index contributed by atoms with van der Waals surface area (Å²) in [4.78, 5) is 11.0. The molecule has 0 N–H and O–H groups in total. The minimum Gasteiger partial charge on any atom is -0.383 e. The highest BCUT2D eigenvalue weighted by atomic mass is 127. The van der Waals surface area contributed by atoms with Crippen LogP contribution in [0.4, 0.5) is 5.95 Å². The van der Waals surface area contributed by atoms with Gasteiger partial charge in [0.05, 0.1) is 6.61 Å². The molecule has 1 heterocycles. The molecular formula is C12H20IN3O. The van der Waals surface area contributed by atoms with Crippen LogP contribution in [0.5, 0.6) is 0 Å². The summed E-state index contributed by atoms with van der Waals surface area (Å²) in [6.45, 7) is 5.93. The third kappa shape index (κ3) is 4.39. The normalized spacial score (nSPS) is 10.9. The maximum Gasteiger partial charge on any atom is 0.225 e. The van der Waals surface area contributed by atoms with Crippen molar-refractivity contribution in [1.82, 2.24) is 9.97 Å². The van der Waals surface area contributed by atoms with Crippen LogP contribution >= 0.6 is 22.6 Å². The molecule has 0 saturated heterocycles. The molecule has 0 aliphatic carbocycles. The van der Waals surface area contributed by atoms with E-state index in [-0.39, 0.29) is 0 Å². The summed E-state index contributed by atoms with van der Waals surface area (Å²) < 4.78 is 6.22. The summed E-state index contributed by atoms with van der Waals surface area (Å²) in [6.07, 6.45) is 5.89. The molecule has 17 heavy (non-hydrogen) atoms. The van der Waals surface area contributed by atoms with Gasteiger partial charge in [-0.25, -0.2) is 9.97 Å². The zero-order chi connectivity index (χ0) is 12.7. The van der Waals surface area contributed by atoms with E-state index in [4.69, 9.17) is 4.74 Å². The number of rotatable bonds is 7. The van der Waals surface area contributed by atoms with Crippen LogP contribution in [0.3, 0.4) is 0 Å². The van der Waals surface area contributed by atoms with Gasteiger partial charge in [0.15, 0.2) is 0 Å². The highest BCUT2D eigenvalue weighted by Crippen LogP contribution is 2.16. The number of hydrogen-bond donors (Lipinski definition) is 0. The highest BCUT2D eigenvalue weighted by Gasteiger charge is 2.17. The van der Waals surface area contributed by atoms with Crippen LogP contribution in [-0.2, 0) is 4.74 Å². The fourth-order valence-corrected chi connectivity index (χ4v) is 2.10. The molecule has 0 aliphatic rings. The van der Waals surface area contributed by atoms with Gasteiger partial charge in [-0.05, 0) is 35.4 Å². The van der Waals surface area contributed by atoms with E-state index in [1.807, 2.05) is 12.4 Å². The molecule has 1 aromatic heterocycles. The monoisotopic (exact) mass is 349 g/mol. The first-order valence-electron chi connectivity index (χ1n) is 5.96. The van der Waals surface area contributed by atoms with Crippen LogP contribution in [0.2, 0.25) is 0 Å². The topological polar surface area (TPSA) is 38.2 Å². The van der Waals surface area contributed by atoms with Crippen molar-refractivity contribution in [2.24, 2.45) is 0 Å². The van der Waals surface area contributed by atoms with Gasteiger partial charge in [-0.2, -0.15) is 0 Å². The molecule has 0 atom stereocenters. The first-order chi connectivity index (χ1) is 8.22. The van der Waals surface area contributed by atoms with Crippen LogP contribution in [0.15, 0.2) is 12.4 Å². The second-order valence-corrected chi connectivity index (χ2v) is 5.10. The van der Waals surface area contributed by atoms with Gasteiger partial charge in [0, 0.05) is 35.7 Å². The molecule has 5 heteroatoms. The maximum absolute atomic E-state index is 5.16. The Morgan fingerprint density at radius 2 is 1.88 bits per heavy atom. The van der Waals surface area contributed by atoms with Crippen LogP contribution in [0.1, 0.15) is 26.7 Å². The molecule has 0 radical (unpaired) electrons. The van der Waals surface area contributed by atoms with Crippen molar-refractivity contribution in [3.63, 3.8) is 0 Å². The molecule has 0 fully saturated rings. The van der Waals surface area contributed by atoms with Crippen molar-refractivity contribution < 1.29 is 4.74 Å². The minimum atomic E-state index is 0.477. The average molecular weight is 349 g/mol. The van der Waals surface area contributed by atoms with Gasteiger partial charge < -0.3 is 9.64 Å². The van der Waals surface area contributed by atoms with E-state index in [1.54, 1.807) is 7.11 Å². The first kappa shape index (κ1) is 14.6. The number of anilines is 1. The SMILES string of the molecule is CCC(CC)N(CCOC)c1ncc(I)cn1. The molecule has 0 unspecified atom stereocenters. The smallest absolute Gasteiger partial charge is 0.225 e. The Bertz CT molecular complexity index is 314. The Balaban J connectivity index is 2.84. The van der Waals surface area contributed by atoms with Crippen molar-refractivity contribution in [2.45, 2.75) is 32.7 Å². The lowest BCUT2D eigenvalue weighted by atomic mass is 10.1. The number of methoxy groups -OCH3 is 1. The maximum atomic E-state index is 5.16. The predicted octanol–water partition coefficient (Wildman–Crippen LogP) is 2.72. The zero-order valence-electron chi connectivity index (χ0n) is 10.7. The van der Waals surface area contributed by atoms with Crippen LogP contribution in [0.25, 0.3) is 0 Å². The van der Waals surface area contributed by atoms with E-state index in [0.29, 0.717) is 12.6 Å². The quantitative estimate of drug-likeness (QED) is 0.710. The second kappa shape index (κ2) is 7.81. The molecule has 0 saturated carbocycles. The zero-order valence-corrected chi connectivity index (χ0v) is 12.8. The first-order valence-corrected chi connectivity index (χ1v) is 7.03. The third-order valence-electron chi connectivity index (χ3n) is 2.78. The van der Waals surface area contributed by atoms with Gasteiger partial charge >= 0.3 is 0 Å². The average Bonchev–Trinajstić information content (AvgIpc) is 2.36. The Kier molecular flexibility index (Phi) is 6.72. The van der Waals surface area contributed by atoms with Crippen molar-refractivity contribution in [3.05, 3.63) is 16.0 Å².